The summed E-state index contributed by atoms with van der Waals surface area (Å²) >= 11 is 11.4. The molecule has 0 saturated heterocycles. The predicted molar refractivity (Wildman–Crippen MR) is 81.0 cm³/mol. The highest BCUT2D eigenvalue weighted by molar-refractivity contribution is 6.59. The first-order valence-electron chi connectivity index (χ1n) is 6.59. The Kier molecular flexibility index (Phi) is 5.08. The molecule has 0 fully saturated rings. The molecule has 2 rings (SSSR count). The van der Waals surface area contributed by atoms with Gasteiger partial charge in [-0.15, -0.1) is 0 Å². The Hall–Kier alpha value is -2.30. The smallest absolute Gasteiger partial charge is 0.413 e. The maximum absolute atomic E-state index is 12.3. The van der Waals surface area contributed by atoms with E-state index in [9.17, 15) is 14.4 Å². The van der Waals surface area contributed by atoms with Crippen molar-refractivity contribution in [2.75, 3.05) is 19.7 Å². The molecule has 1 aliphatic carbocycles. The second kappa shape index (κ2) is 6.86. The number of allylic oxidation sites excluding steroid dienone is 3. The van der Waals surface area contributed by atoms with E-state index in [4.69, 9.17) is 33.2 Å². The molecule has 0 N–H and O–H groups in total. The van der Waals surface area contributed by atoms with Gasteiger partial charge in [-0.25, -0.2) is 4.79 Å². The van der Waals surface area contributed by atoms with Crippen LogP contribution in [0.5, 0.6) is 0 Å². The number of nitrogens with zero attached hydrogens (tertiary/aromatic N) is 3. The second-order valence-corrected chi connectivity index (χ2v) is 5.26. The maximum atomic E-state index is 12.3. The van der Waals surface area contributed by atoms with Crippen LogP contribution in [0.3, 0.4) is 0 Å². The molecule has 0 aromatic rings. The Bertz CT molecular complexity index is 718. The normalized spacial score (nSPS) is 18.5. The standard InChI is InChI=1S/C14H11Cl2N3O4/c1-2-23-14(22)19-5-3-18(4-6-19)11-8(7-17)12(20)9(15)10(16)13(11)21/h3,5H,2,4,6H2,1H3. The van der Waals surface area contributed by atoms with E-state index in [2.05, 4.69) is 0 Å². The van der Waals surface area contributed by atoms with E-state index in [1.165, 1.54) is 22.2 Å². The molecule has 120 valence electrons. The minimum Gasteiger partial charge on any atom is -0.449 e. The predicted octanol–water partition coefficient (Wildman–Crippen LogP) is 1.85. The van der Waals surface area contributed by atoms with Crippen molar-refractivity contribution in [1.82, 2.24) is 9.80 Å². The zero-order chi connectivity index (χ0) is 17.1. The zero-order valence-electron chi connectivity index (χ0n) is 12.0. The lowest BCUT2D eigenvalue weighted by molar-refractivity contribution is -0.116. The molecular weight excluding hydrogens is 345 g/mol. The molecule has 7 nitrogen and oxygen atoms in total. The van der Waals surface area contributed by atoms with Gasteiger partial charge in [-0.1, -0.05) is 23.2 Å². The molecule has 0 bridgehead atoms. The van der Waals surface area contributed by atoms with Crippen LogP contribution < -0.4 is 0 Å². The Morgan fingerprint density at radius 3 is 2.43 bits per heavy atom. The number of nitriles is 1. The Morgan fingerprint density at radius 2 is 1.91 bits per heavy atom. The van der Waals surface area contributed by atoms with Gasteiger partial charge in [0.1, 0.15) is 27.4 Å². The average molecular weight is 356 g/mol. The maximum Gasteiger partial charge on any atom is 0.413 e. The number of amides is 1. The van der Waals surface area contributed by atoms with Crippen molar-refractivity contribution >= 4 is 40.9 Å². The van der Waals surface area contributed by atoms with Crippen molar-refractivity contribution in [2.24, 2.45) is 0 Å². The number of hydrogen-bond donors (Lipinski definition) is 0. The van der Waals surface area contributed by atoms with Crippen LogP contribution in [0, 0.1) is 11.3 Å². The van der Waals surface area contributed by atoms with Crippen molar-refractivity contribution < 1.29 is 19.1 Å². The summed E-state index contributed by atoms with van der Waals surface area (Å²) in [6.45, 7) is 2.33. The number of carbonyl (C=O) groups excluding carboxylic acids is 3. The zero-order valence-corrected chi connectivity index (χ0v) is 13.5. The van der Waals surface area contributed by atoms with E-state index in [-0.39, 0.29) is 31.0 Å². The second-order valence-electron chi connectivity index (χ2n) is 4.51. The number of carbonyl (C=O) groups is 3. The summed E-state index contributed by atoms with van der Waals surface area (Å²) in [6, 6.07) is 1.69. The number of ketones is 2. The lowest BCUT2D eigenvalue weighted by atomic mass is 9.99. The van der Waals surface area contributed by atoms with E-state index in [1.54, 1.807) is 13.0 Å². The van der Waals surface area contributed by atoms with Crippen molar-refractivity contribution in [3.05, 3.63) is 33.7 Å². The molecule has 1 aliphatic heterocycles. The number of ether oxygens (including phenoxy) is 1. The topological polar surface area (TPSA) is 90.7 Å². The average Bonchev–Trinajstić information content (AvgIpc) is 2.56. The van der Waals surface area contributed by atoms with Gasteiger partial charge in [-0.3, -0.25) is 14.5 Å². The molecule has 0 aromatic heterocycles. The third-order valence-corrected chi connectivity index (χ3v) is 4.00. The SMILES string of the molecule is CCOC(=O)N1C=CN(C2=C(C#N)C(=O)C(Cl)=C(Cl)C2=O)CC1. The van der Waals surface area contributed by atoms with E-state index in [0.717, 1.165) is 0 Å². The highest BCUT2D eigenvalue weighted by Crippen LogP contribution is 2.31. The number of rotatable bonds is 2. The molecule has 0 saturated carbocycles. The van der Waals surface area contributed by atoms with Gasteiger partial charge in [0.25, 0.3) is 0 Å². The highest BCUT2D eigenvalue weighted by Gasteiger charge is 2.36. The molecule has 1 heterocycles. The first-order chi connectivity index (χ1) is 10.9. The Labute approximate surface area is 142 Å². The van der Waals surface area contributed by atoms with Gasteiger partial charge in [0, 0.05) is 25.5 Å². The van der Waals surface area contributed by atoms with Gasteiger partial charge in [-0.2, -0.15) is 5.26 Å². The summed E-state index contributed by atoms with van der Waals surface area (Å²) in [7, 11) is 0. The van der Waals surface area contributed by atoms with Gasteiger partial charge in [-0.05, 0) is 6.92 Å². The minimum absolute atomic E-state index is 0.147. The minimum atomic E-state index is -0.796. The fraction of sp³-hybridized carbons (Fsp3) is 0.286. The fourth-order valence-corrected chi connectivity index (χ4v) is 2.44. The molecule has 1 amide bonds. The van der Waals surface area contributed by atoms with E-state index in [0.29, 0.717) is 0 Å². The third-order valence-electron chi connectivity index (χ3n) is 3.18. The number of Topliss-reactive ketones (excluding diaryl/α,β-unsaturated/α-hetero) is 2. The number of halogens is 2. The van der Waals surface area contributed by atoms with E-state index < -0.39 is 27.7 Å². The van der Waals surface area contributed by atoms with Crippen LogP contribution >= 0.6 is 23.2 Å². The summed E-state index contributed by atoms with van der Waals surface area (Å²) in [5.74, 6) is -1.50. The van der Waals surface area contributed by atoms with Gasteiger partial charge >= 0.3 is 6.09 Å². The molecule has 0 aromatic carbocycles. The summed E-state index contributed by atoms with van der Waals surface area (Å²) in [5.41, 5.74) is -0.523. The van der Waals surface area contributed by atoms with Gasteiger partial charge in [0.05, 0.1) is 6.61 Å². The quantitative estimate of drug-likeness (QED) is 0.702. The molecule has 0 spiro atoms. The van der Waals surface area contributed by atoms with E-state index >= 15 is 0 Å². The van der Waals surface area contributed by atoms with Crippen LogP contribution in [0.25, 0.3) is 0 Å². The van der Waals surface area contributed by atoms with Crippen molar-refractivity contribution in [3.63, 3.8) is 0 Å². The van der Waals surface area contributed by atoms with Crippen LogP contribution in [-0.2, 0) is 14.3 Å². The van der Waals surface area contributed by atoms with Crippen LogP contribution in [0.15, 0.2) is 33.7 Å². The van der Waals surface area contributed by atoms with Gasteiger partial charge in [0.15, 0.2) is 0 Å². The van der Waals surface area contributed by atoms with E-state index in [1.807, 2.05) is 0 Å². The van der Waals surface area contributed by atoms with Crippen LogP contribution in [0.4, 0.5) is 4.79 Å². The monoisotopic (exact) mass is 355 g/mol. The largest absolute Gasteiger partial charge is 0.449 e. The first kappa shape index (κ1) is 17.1. The Balaban J connectivity index is 2.32. The molecular formula is C14H11Cl2N3O4. The van der Waals surface area contributed by atoms with Crippen LogP contribution in [0.2, 0.25) is 0 Å². The first-order valence-corrected chi connectivity index (χ1v) is 7.35. The molecule has 9 heteroatoms. The lowest BCUT2D eigenvalue weighted by Gasteiger charge is -2.31. The molecule has 23 heavy (non-hydrogen) atoms. The van der Waals surface area contributed by atoms with Gasteiger partial charge < -0.3 is 9.64 Å². The highest BCUT2D eigenvalue weighted by atomic mass is 35.5. The lowest BCUT2D eigenvalue weighted by Crippen LogP contribution is -2.40. The molecule has 0 unspecified atom stereocenters. The molecule has 0 radical (unpaired) electrons. The Morgan fingerprint density at radius 1 is 1.26 bits per heavy atom. The van der Waals surface area contributed by atoms with Crippen LogP contribution in [-0.4, -0.2) is 47.2 Å². The fourth-order valence-electron chi connectivity index (χ4n) is 2.08. The number of hydrogen-bond acceptors (Lipinski definition) is 6. The summed E-state index contributed by atoms with van der Waals surface area (Å²) in [4.78, 5) is 38.5. The molecule has 0 atom stereocenters. The van der Waals surface area contributed by atoms with Crippen LogP contribution in [0.1, 0.15) is 6.92 Å². The summed E-state index contributed by atoms with van der Waals surface area (Å²) in [6.07, 6.45) is 2.28. The van der Waals surface area contributed by atoms with Crippen molar-refractivity contribution in [1.29, 1.82) is 5.26 Å². The van der Waals surface area contributed by atoms with Crippen molar-refractivity contribution in [3.8, 4) is 6.07 Å². The van der Waals surface area contributed by atoms with Gasteiger partial charge in [0.2, 0.25) is 11.6 Å². The summed E-state index contributed by atoms with van der Waals surface area (Å²) in [5, 5.41) is 8.26. The molecule has 2 aliphatic rings. The van der Waals surface area contributed by atoms with Crippen molar-refractivity contribution in [2.45, 2.75) is 6.92 Å². The summed E-state index contributed by atoms with van der Waals surface area (Å²) < 4.78 is 4.86. The third kappa shape index (κ3) is 3.09.